The van der Waals surface area contributed by atoms with Crippen molar-refractivity contribution in [2.75, 3.05) is 19.5 Å². The molecule has 0 unspecified atom stereocenters. The molecular formula is C12H21N3O2. The number of hydrogen-bond donors (Lipinski definition) is 1. The molecule has 1 heterocycles. The first kappa shape index (κ1) is 13.5. The molecule has 0 radical (unpaired) electrons. The van der Waals surface area contributed by atoms with Gasteiger partial charge in [0.1, 0.15) is 6.33 Å². The van der Waals surface area contributed by atoms with Gasteiger partial charge in [-0.2, -0.15) is 4.98 Å². The number of hydrogen-bond acceptors (Lipinski definition) is 5. The number of unbranched alkanes of at least 4 members (excludes halogenated alkanes) is 4. The lowest BCUT2D eigenvalue weighted by molar-refractivity contribution is 0.273. The van der Waals surface area contributed by atoms with Crippen LogP contribution in [-0.4, -0.2) is 23.7 Å². The highest BCUT2D eigenvalue weighted by atomic mass is 16.5. The van der Waals surface area contributed by atoms with Crippen molar-refractivity contribution in [1.82, 2.24) is 9.97 Å². The Labute approximate surface area is 102 Å². The van der Waals surface area contributed by atoms with Crippen LogP contribution in [0.4, 0.5) is 5.82 Å². The number of anilines is 1. The van der Waals surface area contributed by atoms with E-state index in [1.165, 1.54) is 39.1 Å². The van der Waals surface area contributed by atoms with Crippen LogP contribution in [0.25, 0.3) is 0 Å². The SMILES string of the molecule is CCCCCCCOc1ncnc(N)c1OC. The van der Waals surface area contributed by atoms with Gasteiger partial charge >= 0.3 is 0 Å². The second kappa shape index (κ2) is 7.70. The molecule has 96 valence electrons. The summed E-state index contributed by atoms with van der Waals surface area (Å²) in [4.78, 5) is 7.85. The summed E-state index contributed by atoms with van der Waals surface area (Å²) in [5.74, 6) is 1.15. The van der Waals surface area contributed by atoms with Crippen LogP contribution >= 0.6 is 0 Å². The summed E-state index contributed by atoms with van der Waals surface area (Å²) < 4.78 is 10.6. The Bertz CT molecular complexity index is 332. The van der Waals surface area contributed by atoms with Crippen LogP contribution in [0.1, 0.15) is 39.0 Å². The molecule has 0 fully saturated rings. The van der Waals surface area contributed by atoms with Gasteiger partial charge in [-0.25, -0.2) is 4.98 Å². The van der Waals surface area contributed by atoms with E-state index in [1.807, 2.05) is 0 Å². The molecule has 0 spiro atoms. The first-order valence-corrected chi connectivity index (χ1v) is 6.06. The van der Waals surface area contributed by atoms with E-state index in [0.717, 1.165) is 6.42 Å². The summed E-state index contributed by atoms with van der Waals surface area (Å²) in [6.45, 7) is 2.83. The highest BCUT2D eigenvalue weighted by Crippen LogP contribution is 2.28. The molecular weight excluding hydrogens is 218 g/mol. The quantitative estimate of drug-likeness (QED) is 0.705. The molecule has 2 N–H and O–H groups in total. The van der Waals surface area contributed by atoms with Crippen LogP contribution in [0, 0.1) is 0 Å². The maximum Gasteiger partial charge on any atom is 0.262 e. The maximum atomic E-state index is 5.65. The van der Waals surface area contributed by atoms with E-state index < -0.39 is 0 Å². The van der Waals surface area contributed by atoms with E-state index in [-0.39, 0.29) is 0 Å². The summed E-state index contributed by atoms with van der Waals surface area (Å²) in [5, 5.41) is 0. The Balaban J connectivity index is 2.33. The van der Waals surface area contributed by atoms with E-state index in [4.69, 9.17) is 15.2 Å². The second-order valence-corrected chi connectivity index (χ2v) is 3.86. The molecule has 0 aliphatic rings. The fraction of sp³-hybridized carbons (Fsp3) is 0.667. The monoisotopic (exact) mass is 239 g/mol. The summed E-state index contributed by atoms with van der Waals surface area (Å²) in [6.07, 6.45) is 7.36. The van der Waals surface area contributed by atoms with Gasteiger partial charge in [0.15, 0.2) is 5.82 Å². The van der Waals surface area contributed by atoms with Crippen LogP contribution in [0.3, 0.4) is 0 Å². The standard InChI is InChI=1S/C12H21N3O2/c1-3-4-5-6-7-8-17-12-10(16-2)11(13)14-9-15-12/h9H,3-8H2,1-2H3,(H2,13,14,15). The number of aromatic nitrogens is 2. The Kier molecular flexibility index (Phi) is 6.14. The van der Waals surface area contributed by atoms with Gasteiger partial charge in [0.2, 0.25) is 5.75 Å². The molecule has 0 amide bonds. The minimum absolute atomic E-state index is 0.309. The smallest absolute Gasteiger partial charge is 0.262 e. The zero-order valence-electron chi connectivity index (χ0n) is 10.6. The van der Waals surface area contributed by atoms with Gasteiger partial charge in [-0.1, -0.05) is 32.6 Å². The van der Waals surface area contributed by atoms with Gasteiger partial charge in [0.05, 0.1) is 13.7 Å². The van der Waals surface area contributed by atoms with Crippen molar-refractivity contribution < 1.29 is 9.47 Å². The van der Waals surface area contributed by atoms with E-state index in [2.05, 4.69) is 16.9 Å². The lowest BCUT2D eigenvalue weighted by atomic mass is 10.2. The summed E-state index contributed by atoms with van der Waals surface area (Å²) in [5.41, 5.74) is 5.65. The lowest BCUT2D eigenvalue weighted by Crippen LogP contribution is -2.04. The lowest BCUT2D eigenvalue weighted by Gasteiger charge is -2.09. The third-order valence-corrected chi connectivity index (χ3v) is 2.49. The van der Waals surface area contributed by atoms with Crippen molar-refractivity contribution in [1.29, 1.82) is 0 Å². The van der Waals surface area contributed by atoms with E-state index in [1.54, 1.807) is 0 Å². The number of ether oxygens (including phenoxy) is 2. The molecule has 1 aromatic heterocycles. The van der Waals surface area contributed by atoms with Crippen molar-refractivity contribution in [2.24, 2.45) is 0 Å². The Hall–Kier alpha value is -1.52. The number of nitrogens with zero attached hydrogens (tertiary/aromatic N) is 2. The summed E-state index contributed by atoms with van der Waals surface area (Å²) in [7, 11) is 1.53. The van der Waals surface area contributed by atoms with Gasteiger partial charge in [-0.3, -0.25) is 0 Å². The number of nitrogen functional groups attached to an aromatic ring is 1. The van der Waals surface area contributed by atoms with Gasteiger partial charge in [-0.05, 0) is 6.42 Å². The topological polar surface area (TPSA) is 70.3 Å². The van der Waals surface area contributed by atoms with Crippen molar-refractivity contribution in [2.45, 2.75) is 39.0 Å². The first-order chi connectivity index (χ1) is 8.29. The van der Waals surface area contributed by atoms with Gasteiger partial charge < -0.3 is 15.2 Å². The highest BCUT2D eigenvalue weighted by molar-refractivity contribution is 5.51. The summed E-state index contributed by atoms with van der Waals surface area (Å²) in [6, 6.07) is 0. The molecule has 5 nitrogen and oxygen atoms in total. The van der Waals surface area contributed by atoms with Crippen molar-refractivity contribution >= 4 is 5.82 Å². The molecule has 17 heavy (non-hydrogen) atoms. The molecule has 0 saturated carbocycles. The van der Waals surface area contributed by atoms with Crippen molar-refractivity contribution in [3.63, 3.8) is 0 Å². The Morgan fingerprint density at radius 3 is 2.65 bits per heavy atom. The van der Waals surface area contributed by atoms with Crippen molar-refractivity contribution in [3.8, 4) is 11.6 Å². The average molecular weight is 239 g/mol. The molecule has 5 heteroatoms. The summed E-state index contributed by atoms with van der Waals surface area (Å²) >= 11 is 0. The molecule has 0 atom stereocenters. The van der Waals surface area contributed by atoms with Gasteiger partial charge in [0, 0.05) is 0 Å². The number of methoxy groups -OCH3 is 1. The number of nitrogens with two attached hydrogens (primary N) is 1. The molecule has 1 aromatic rings. The largest absolute Gasteiger partial charge is 0.489 e. The molecule has 0 saturated heterocycles. The third-order valence-electron chi connectivity index (χ3n) is 2.49. The molecule has 0 aliphatic heterocycles. The van der Waals surface area contributed by atoms with Crippen LogP contribution < -0.4 is 15.2 Å². The normalized spacial score (nSPS) is 10.2. The van der Waals surface area contributed by atoms with Crippen molar-refractivity contribution in [3.05, 3.63) is 6.33 Å². The molecule has 1 rings (SSSR count). The molecule has 0 aromatic carbocycles. The van der Waals surface area contributed by atoms with Gasteiger partial charge in [-0.15, -0.1) is 0 Å². The fourth-order valence-electron chi connectivity index (χ4n) is 1.54. The van der Waals surface area contributed by atoms with E-state index in [9.17, 15) is 0 Å². The zero-order valence-corrected chi connectivity index (χ0v) is 10.6. The number of rotatable bonds is 8. The molecule has 0 aliphatic carbocycles. The first-order valence-electron chi connectivity index (χ1n) is 6.06. The third kappa shape index (κ3) is 4.46. The van der Waals surface area contributed by atoms with Gasteiger partial charge in [0.25, 0.3) is 5.88 Å². The average Bonchev–Trinajstić information content (AvgIpc) is 2.34. The minimum atomic E-state index is 0.309. The maximum absolute atomic E-state index is 5.65. The van der Waals surface area contributed by atoms with Crippen LogP contribution in [0.5, 0.6) is 11.6 Å². The van der Waals surface area contributed by atoms with E-state index >= 15 is 0 Å². The predicted octanol–water partition coefficient (Wildman–Crippen LogP) is 2.42. The van der Waals surface area contributed by atoms with Crippen LogP contribution in [0.2, 0.25) is 0 Å². The van der Waals surface area contributed by atoms with E-state index in [0.29, 0.717) is 24.1 Å². The van der Waals surface area contributed by atoms with Crippen LogP contribution in [0.15, 0.2) is 6.33 Å². The fourth-order valence-corrected chi connectivity index (χ4v) is 1.54. The second-order valence-electron chi connectivity index (χ2n) is 3.86. The predicted molar refractivity (Wildman–Crippen MR) is 67.3 cm³/mol. The van der Waals surface area contributed by atoms with Crippen LogP contribution in [-0.2, 0) is 0 Å². The zero-order chi connectivity index (χ0) is 12.5. The Morgan fingerprint density at radius 1 is 1.18 bits per heavy atom. The minimum Gasteiger partial charge on any atom is -0.489 e. The highest BCUT2D eigenvalue weighted by Gasteiger charge is 2.10. The Morgan fingerprint density at radius 2 is 1.94 bits per heavy atom. The molecule has 0 bridgehead atoms.